The topological polar surface area (TPSA) is 81.0 Å². The van der Waals surface area contributed by atoms with E-state index in [0.29, 0.717) is 11.8 Å². The lowest BCUT2D eigenvalue weighted by atomic mass is 10.0. The third kappa shape index (κ3) is 5.22. The monoisotopic (exact) mass is 450 g/mol. The Hall–Kier alpha value is -2.63. The highest BCUT2D eigenvalue weighted by Crippen LogP contribution is 2.35. The fourth-order valence-corrected chi connectivity index (χ4v) is 5.35. The molecule has 0 N–H and O–H groups in total. The molecule has 2 aromatic rings. The number of nitrogens with zero attached hydrogens (tertiary/aromatic N) is 6. The zero-order valence-corrected chi connectivity index (χ0v) is 19.8. The Morgan fingerprint density at radius 3 is 2.97 bits per heavy atom. The van der Waals surface area contributed by atoms with Crippen LogP contribution in [0.3, 0.4) is 0 Å². The number of likely N-dealkylation sites (tertiary alicyclic amines) is 1. The van der Waals surface area contributed by atoms with Crippen molar-refractivity contribution in [2.24, 2.45) is 16.1 Å². The summed E-state index contributed by atoms with van der Waals surface area (Å²) in [4.78, 5) is 9.19. The Morgan fingerprint density at radius 1 is 1.31 bits per heavy atom. The average molecular weight is 451 g/mol. The largest absolute Gasteiger partial charge is 0.442 e. The van der Waals surface area contributed by atoms with E-state index in [4.69, 9.17) is 4.42 Å². The van der Waals surface area contributed by atoms with Gasteiger partial charge in [-0.2, -0.15) is 10.4 Å². The van der Waals surface area contributed by atoms with Crippen molar-refractivity contribution in [1.82, 2.24) is 9.88 Å². The summed E-state index contributed by atoms with van der Waals surface area (Å²) in [6, 6.07) is 10.9. The minimum absolute atomic E-state index is 0.566. The Bertz CT molecular complexity index is 1040. The van der Waals surface area contributed by atoms with Crippen molar-refractivity contribution < 1.29 is 4.42 Å². The molecule has 0 unspecified atom stereocenters. The zero-order chi connectivity index (χ0) is 22.5. The van der Waals surface area contributed by atoms with E-state index in [1.54, 1.807) is 11.8 Å². The summed E-state index contributed by atoms with van der Waals surface area (Å²) in [6.45, 7) is 10.3. The molecule has 32 heavy (non-hydrogen) atoms. The standard InChI is InChI=1S/C24H30N6OS/c1-17-24(31-16-26-17)18(2)27-28-19(3)32-11-5-9-29-14-21-8-10-30(23(21)15-29)22-7-4-6-20(12-22)13-25/h4,6-7,12,16,21,23H,5,8-11,14-15H2,1-3H3/b27-18+,28-19+/t21-,23+/m1/s1. The van der Waals surface area contributed by atoms with Gasteiger partial charge in [0.2, 0.25) is 0 Å². The van der Waals surface area contributed by atoms with Crippen LogP contribution < -0.4 is 4.90 Å². The summed E-state index contributed by atoms with van der Waals surface area (Å²) >= 11 is 1.76. The highest BCUT2D eigenvalue weighted by Gasteiger charge is 2.41. The maximum absolute atomic E-state index is 9.21. The van der Waals surface area contributed by atoms with Gasteiger partial charge in [0.25, 0.3) is 0 Å². The Balaban J connectivity index is 1.22. The minimum Gasteiger partial charge on any atom is -0.442 e. The van der Waals surface area contributed by atoms with E-state index in [1.165, 1.54) is 25.0 Å². The molecule has 0 spiro atoms. The van der Waals surface area contributed by atoms with E-state index in [1.807, 2.05) is 39.0 Å². The van der Waals surface area contributed by atoms with Gasteiger partial charge in [-0.05, 0) is 64.3 Å². The number of benzene rings is 1. The minimum atomic E-state index is 0.566. The van der Waals surface area contributed by atoms with Crippen molar-refractivity contribution in [3.05, 3.63) is 47.7 Å². The van der Waals surface area contributed by atoms with E-state index in [2.05, 4.69) is 37.1 Å². The summed E-state index contributed by atoms with van der Waals surface area (Å²) < 4.78 is 5.35. The van der Waals surface area contributed by atoms with Gasteiger partial charge in [0, 0.05) is 37.1 Å². The van der Waals surface area contributed by atoms with Gasteiger partial charge in [-0.1, -0.05) is 6.07 Å². The zero-order valence-electron chi connectivity index (χ0n) is 19.0. The second kappa shape index (κ2) is 10.3. The summed E-state index contributed by atoms with van der Waals surface area (Å²) in [5.74, 6) is 2.46. The van der Waals surface area contributed by atoms with E-state index < -0.39 is 0 Å². The first kappa shape index (κ1) is 22.6. The SMILES string of the molecule is C/C(=N\N=C(/C)c1ocnc1C)SCCCN1C[C@H]2CCN(c3cccc(C#N)c3)[C@H]2C1. The van der Waals surface area contributed by atoms with Crippen molar-refractivity contribution >= 4 is 28.2 Å². The molecule has 1 aromatic carbocycles. The summed E-state index contributed by atoms with van der Waals surface area (Å²) in [5, 5.41) is 18.8. The van der Waals surface area contributed by atoms with Crippen LogP contribution in [0.5, 0.6) is 0 Å². The second-order valence-corrected chi connectivity index (χ2v) is 9.79. The van der Waals surface area contributed by atoms with Crippen LogP contribution in [0, 0.1) is 24.2 Å². The lowest BCUT2D eigenvalue weighted by Gasteiger charge is -2.27. The quantitative estimate of drug-likeness (QED) is 0.270. The summed E-state index contributed by atoms with van der Waals surface area (Å²) in [7, 11) is 0. The molecule has 4 rings (SSSR count). The van der Waals surface area contributed by atoms with Crippen LogP contribution in [0.15, 0.2) is 45.3 Å². The molecular formula is C24H30N6OS. The van der Waals surface area contributed by atoms with Gasteiger partial charge < -0.3 is 14.2 Å². The number of aryl methyl sites for hydroxylation is 1. The molecule has 2 saturated heterocycles. The van der Waals surface area contributed by atoms with Crippen molar-refractivity contribution in [2.75, 3.05) is 36.8 Å². The molecule has 2 aliphatic heterocycles. The molecule has 168 valence electrons. The maximum atomic E-state index is 9.21. The highest BCUT2D eigenvalue weighted by molar-refractivity contribution is 8.13. The molecule has 0 radical (unpaired) electrons. The number of fused-ring (bicyclic) bond motifs is 1. The molecule has 0 aliphatic carbocycles. The number of oxazole rings is 1. The second-order valence-electron chi connectivity index (χ2n) is 8.50. The van der Waals surface area contributed by atoms with E-state index in [9.17, 15) is 5.26 Å². The fourth-order valence-electron chi connectivity index (χ4n) is 4.68. The first-order valence-corrected chi connectivity index (χ1v) is 12.1. The first-order valence-electron chi connectivity index (χ1n) is 11.2. The van der Waals surface area contributed by atoms with Gasteiger partial charge in [0.05, 0.1) is 22.4 Å². The third-order valence-corrected chi connectivity index (χ3v) is 7.27. The first-order chi connectivity index (χ1) is 15.5. The van der Waals surface area contributed by atoms with Gasteiger partial charge in [-0.15, -0.1) is 16.9 Å². The number of thioether (sulfide) groups is 1. The van der Waals surface area contributed by atoms with Crippen LogP contribution in [-0.2, 0) is 0 Å². The lowest BCUT2D eigenvalue weighted by Crippen LogP contribution is -2.35. The molecule has 0 amide bonds. The predicted octanol–water partition coefficient (Wildman–Crippen LogP) is 4.33. The number of nitriles is 1. The van der Waals surface area contributed by atoms with Gasteiger partial charge >= 0.3 is 0 Å². The van der Waals surface area contributed by atoms with Crippen LogP contribution in [-0.4, -0.2) is 58.6 Å². The predicted molar refractivity (Wildman–Crippen MR) is 130 cm³/mol. The molecular weight excluding hydrogens is 420 g/mol. The smallest absolute Gasteiger partial charge is 0.181 e. The molecule has 0 saturated carbocycles. The van der Waals surface area contributed by atoms with E-state index in [0.717, 1.165) is 59.7 Å². The van der Waals surface area contributed by atoms with Crippen molar-refractivity contribution in [3.63, 3.8) is 0 Å². The fraction of sp³-hybridized carbons (Fsp3) is 0.500. The van der Waals surface area contributed by atoms with E-state index >= 15 is 0 Å². The maximum Gasteiger partial charge on any atom is 0.181 e. The third-order valence-electron chi connectivity index (χ3n) is 6.27. The molecule has 2 atom stereocenters. The van der Waals surface area contributed by atoms with Gasteiger partial charge in [-0.25, -0.2) is 4.98 Å². The molecule has 7 nitrogen and oxygen atoms in total. The van der Waals surface area contributed by atoms with Crippen LogP contribution in [0.1, 0.15) is 43.7 Å². The van der Waals surface area contributed by atoms with Crippen molar-refractivity contribution in [2.45, 2.75) is 39.7 Å². The van der Waals surface area contributed by atoms with E-state index in [-0.39, 0.29) is 0 Å². The van der Waals surface area contributed by atoms with Gasteiger partial charge in [0.15, 0.2) is 12.2 Å². The Labute approximate surface area is 194 Å². The molecule has 0 bridgehead atoms. The van der Waals surface area contributed by atoms with Gasteiger partial charge in [-0.3, -0.25) is 0 Å². The van der Waals surface area contributed by atoms with Crippen molar-refractivity contribution in [3.8, 4) is 6.07 Å². The molecule has 2 aliphatic rings. The lowest BCUT2D eigenvalue weighted by molar-refractivity contribution is 0.319. The van der Waals surface area contributed by atoms with Crippen LogP contribution in [0.2, 0.25) is 0 Å². The summed E-state index contributed by atoms with van der Waals surface area (Å²) in [6.07, 6.45) is 3.80. The van der Waals surface area contributed by atoms with Crippen LogP contribution in [0.25, 0.3) is 0 Å². The molecule has 2 fully saturated rings. The Morgan fingerprint density at radius 2 is 2.19 bits per heavy atom. The Kier molecular flexibility index (Phi) is 7.28. The van der Waals surface area contributed by atoms with Crippen LogP contribution >= 0.6 is 11.8 Å². The molecule has 1 aromatic heterocycles. The number of hydrogen-bond acceptors (Lipinski definition) is 8. The highest BCUT2D eigenvalue weighted by atomic mass is 32.2. The van der Waals surface area contributed by atoms with Crippen molar-refractivity contribution in [1.29, 1.82) is 5.26 Å². The molecule has 8 heteroatoms. The number of aromatic nitrogens is 1. The number of anilines is 1. The summed E-state index contributed by atoms with van der Waals surface area (Å²) in [5.41, 5.74) is 3.51. The number of hydrogen-bond donors (Lipinski definition) is 0. The molecule has 3 heterocycles. The normalized spacial score (nSPS) is 21.8. The van der Waals surface area contributed by atoms with Crippen LogP contribution in [0.4, 0.5) is 5.69 Å². The average Bonchev–Trinajstić information content (AvgIpc) is 3.50. The number of rotatable bonds is 7. The van der Waals surface area contributed by atoms with Gasteiger partial charge in [0.1, 0.15) is 5.71 Å².